The van der Waals surface area contributed by atoms with E-state index in [9.17, 15) is 0 Å². The van der Waals surface area contributed by atoms with Gasteiger partial charge in [0.15, 0.2) is 0 Å². The van der Waals surface area contributed by atoms with Gasteiger partial charge in [0.2, 0.25) is 0 Å². The lowest BCUT2D eigenvalue weighted by Gasteiger charge is -2.19. The molecular weight excluding hydrogens is 316 g/mol. The molecule has 0 amide bonds. The van der Waals surface area contributed by atoms with E-state index in [2.05, 4.69) is 9.88 Å². The lowest BCUT2D eigenvalue weighted by molar-refractivity contribution is 0.221. The smallest absolute Gasteiger partial charge is 0.131 e. The third-order valence-electron chi connectivity index (χ3n) is 5.23. The molecule has 1 aliphatic carbocycles. The zero-order valence-electron chi connectivity index (χ0n) is 14.4. The van der Waals surface area contributed by atoms with E-state index >= 15 is 0 Å². The van der Waals surface area contributed by atoms with Crippen LogP contribution >= 0.6 is 0 Å². The number of pyridine rings is 1. The summed E-state index contributed by atoms with van der Waals surface area (Å²) in [5, 5.41) is 0. The van der Waals surface area contributed by atoms with Gasteiger partial charge in [0, 0.05) is 37.3 Å². The van der Waals surface area contributed by atoms with Crippen molar-refractivity contribution in [3.63, 3.8) is 0 Å². The molecule has 1 aromatic heterocycles. The number of fused-ring (bicyclic) bond motifs is 1. The van der Waals surface area contributed by atoms with Crippen LogP contribution < -0.4 is 20.9 Å². The summed E-state index contributed by atoms with van der Waals surface area (Å²) >= 11 is 0. The molecule has 1 aliphatic heterocycles. The summed E-state index contributed by atoms with van der Waals surface area (Å²) in [5.41, 5.74) is 13.4. The van der Waals surface area contributed by atoms with E-state index in [0.717, 1.165) is 42.4 Å². The van der Waals surface area contributed by atoms with Crippen LogP contribution in [0.2, 0.25) is 0 Å². The number of hydrogen-bond acceptors (Lipinski definition) is 6. The number of rotatable bonds is 6. The molecule has 2 fully saturated rings. The second-order valence-corrected chi connectivity index (χ2v) is 6.82. The zero-order valence-corrected chi connectivity index (χ0v) is 14.4. The Balaban J connectivity index is 1.38. The van der Waals surface area contributed by atoms with Crippen molar-refractivity contribution < 1.29 is 9.47 Å². The summed E-state index contributed by atoms with van der Waals surface area (Å²) in [6, 6.07) is 11.8. The van der Waals surface area contributed by atoms with E-state index < -0.39 is 0 Å². The Kier molecular flexibility index (Phi) is 4.23. The molecule has 132 valence electrons. The minimum Gasteiger partial charge on any atom is -0.496 e. The summed E-state index contributed by atoms with van der Waals surface area (Å²) in [6.45, 7) is 3.81. The fraction of sp³-hybridized carbons (Fsp3) is 0.421. The SMILES string of the molecule is COc1cc(OCCN2CC3C(N)C3C2)ccc1-c1cccc(N)n1. The molecule has 4 rings (SSSR count). The number of likely N-dealkylation sites (tertiary alicyclic amines) is 1. The minimum absolute atomic E-state index is 0.439. The van der Waals surface area contributed by atoms with Gasteiger partial charge in [-0.1, -0.05) is 6.07 Å². The lowest BCUT2D eigenvalue weighted by Crippen LogP contribution is -2.31. The van der Waals surface area contributed by atoms with Crippen LogP contribution in [0.1, 0.15) is 0 Å². The average molecular weight is 340 g/mol. The van der Waals surface area contributed by atoms with Crippen LogP contribution in [0.15, 0.2) is 36.4 Å². The van der Waals surface area contributed by atoms with Gasteiger partial charge in [-0.25, -0.2) is 4.98 Å². The first-order chi connectivity index (χ1) is 12.2. The fourth-order valence-electron chi connectivity index (χ4n) is 3.71. The van der Waals surface area contributed by atoms with Gasteiger partial charge in [0.25, 0.3) is 0 Å². The molecule has 4 N–H and O–H groups in total. The molecule has 1 aromatic carbocycles. The number of piperidine rings is 1. The topological polar surface area (TPSA) is 86.6 Å². The van der Waals surface area contributed by atoms with Crippen molar-refractivity contribution in [2.24, 2.45) is 17.6 Å². The molecule has 0 bridgehead atoms. The highest BCUT2D eigenvalue weighted by molar-refractivity contribution is 5.69. The van der Waals surface area contributed by atoms with Gasteiger partial charge in [-0.05, 0) is 36.1 Å². The van der Waals surface area contributed by atoms with E-state index in [4.69, 9.17) is 20.9 Å². The molecule has 1 saturated heterocycles. The number of anilines is 1. The molecule has 0 spiro atoms. The maximum atomic E-state index is 5.97. The van der Waals surface area contributed by atoms with Crippen LogP contribution in [-0.2, 0) is 0 Å². The molecule has 6 nitrogen and oxygen atoms in total. The highest BCUT2D eigenvalue weighted by atomic mass is 16.5. The van der Waals surface area contributed by atoms with Crippen molar-refractivity contribution in [2.75, 3.05) is 39.1 Å². The number of nitrogen functional groups attached to an aromatic ring is 1. The third kappa shape index (κ3) is 3.27. The predicted molar refractivity (Wildman–Crippen MR) is 97.5 cm³/mol. The molecular formula is C19H24N4O2. The van der Waals surface area contributed by atoms with E-state index in [0.29, 0.717) is 30.3 Å². The molecule has 1 saturated carbocycles. The summed E-state index contributed by atoms with van der Waals surface area (Å²) in [7, 11) is 1.65. The standard InChI is InChI=1S/C19H24N4O2/c1-24-17-9-12(5-6-13(17)16-3-2-4-18(20)22-16)25-8-7-23-10-14-15(11-23)19(14)21/h2-6,9,14-15,19H,7-8,10-11,21H2,1H3,(H2,20,22). The average Bonchev–Trinajstić information content (AvgIpc) is 3.03. The Morgan fingerprint density at radius 3 is 2.72 bits per heavy atom. The summed E-state index contributed by atoms with van der Waals surface area (Å²) in [4.78, 5) is 6.79. The van der Waals surface area contributed by atoms with Crippen molar-refractivity contribution in [3.8, 4) is 22.8 Å². The molecule has 6 heteroatoms. The third-order valence-corrected chi connectivity index (χ3v) is 5.23. The molecule has 25 heavy (non-hydrogen) atoms. The van der Waals surface area contributed by atoms with Gasteiger partial charge >= 0.3 is 0 Å². The van der Waals surface area contributed by atoms with Crippen molar-refractivity contribution >= 4 is 5.82 Å². The van der Waals surface area contributed by atoms with E-state index in [-0.39, 0.29) is 0 Å². The van der Waals surface area contributed by atoms with E-state index in [1.807, 2.05) is 30.3 Å². The second kappa shape index (κ2) is 6.54. The first-order valence-electron chi connectivity index (χ1n) is 8.67. The summed E-state index contributed by atoms with van der Waals surface area (Å²) < 4.78 is 11.4. The van der Waals surface area contributed by atoms with Gasteiger partial charge in [0.1, 0.15) is 23.9 Å². The van der Waals surface area contributed by atoms with Gasteiger partial charge < -0.3 is 20.9 Å². The van der Waals surface area contributed by atoms with Crippen LogP contribution in [0, 0.1) is 11.8 Å². The van der Waals surface area contributed by atoms with Gasteiger partial charge in [-0.2, -0.15) is 0 Å². The van der Waals surface area contributed by atoms with Crippen LogP contribution in [0.25, 0.3) is 11.3 Å². The first-order valence-corrected chi connectivity index (χ1v) is 8.67. The van der Waals surface area contributed by atoms with Crippen LogP contribution in [0.4, 0.5) is 5.82 Å². The lowest BCUT2D eigenvalue weighted by atomic mass is 10.1. The number of benzene rings is 1. The molecule has 2 unspecified atom stereocenters. The Labute approximate surface area is 147 Å². The Hall–Kier alpha value is -2.31. The Bertz CT molecular complexity index is 755. The Morgan fingerprint density at radius 1 is 1.20 bits per heavy atom. The number of hydrogen-bond donors (Lipinski definition) is 2. The van der Waals surface area contributed by atoms with Crippen LogP contribution in [0.3, 0.4) is 0 Å². The van der Waals surface area contributed by atoms with Crippen molar-refractivity contribution in [1.82, 2.24) is 9.88 Å². The van der Waals surface area contributed by atoms with Crippen molar-refractivity contribution in [1.29, 1.82) is 0 Å². The largest absolute Gasteiger partial charge is 0.496 e. The predicted octanol–water partition coefficient (Wildman–Crippen LogP) is 1.61. The number of nitrogens with zero attached hydrogens (tertiary/aromatic N) is 2. The summed E-state index contributed by atoms with van der Waals surface area (Å²) in [6.07, 6.45) is 0. The minimum atomic E-state index is 0.439. The van der Waals surface area contributed by atoms with Crippen molar-refractivity contribution in [2.45, 2.75) is 6.04 Å². The van der Waals surface area contributed by atoms with Crippen LogP contribution in [-0.4, -0.2) is 49.3 Å². The van der Waals surface area contributed by atoms with Gasteiger partial charge in [0.05, 0.1) is 12.8 Å². The quantitative estimate of drug-likeness (QED) is 0.831. The maximum absolute atomic E-state index is 5.97. The monoisotopic (exact) mass is 340 g/mol. The highest BCUT2D eigenvalue weighted by Crippen LogP contribution is 2.43. The Morgan fingerprint density at radius 2 is 2.00 bits per heavy atom. The number of ether oxygens (including phenoxy) is 2. The molecule has 2 atom stereocenters. The van der Waals surface area contributed by atoms with E-state index in [1.165, 1.54) is 0 Å². The summed E-state index contributed by atoms with van der Waals surface area (Å²) in [5.74, 6) is 3.44. The van der Waals surface area contributed by atoms with Gasteiger partial charge in [-0.3, -0.25) is 4.90 Å². The first kappa shape index (κ1) is 16.2. The normalized spacial score (nSPS) is 24.8. The zero-order chi connectivity index (χ0) is 17.4. The molecule has 0 radical (unpaired) electrons. The van der Waals surface area contributed by atoms with Gasteiger partial charge in [-0.15, -0.1) is 0 Å². The number of nitrogens with two attached hydrogens (primary N) is 2. The maximum Gasteiger partial charge on any atom is 0.131 e. The second-order valence-electron chi connectivity index (χ2n) is 6.82. The molecule has 2 aliphatic rings. The number of aromatic nitrogens is 1. The fourth-order valence-corrected chi connectivity index (χ4v) is 3.71. The van der Waals surface area contributed by atoms with Crippen molar-refractivity contribution in [3.05, 3.63) is 36.4 Å². The number of methoxy groups -OCH3 is 1. The molecule has 2 aromatic rings. The molecule has 2 heterocycles. The van der Waals surface area contributed by atoms with Crippen LogP contribution in [0.5, 0.6) is 11.5 Å². The van der Waals surface area contributed by atoms with E-state index in [1.54, 1.807) is 13.2 Å². The highest BCUT2D eigenvalue weighted by Gasteiger charge is 2.53.